The van der Waals surface area contributed by atoms with Crippen LogP contribution in [0.15, 0.2) is 204 Å². The summed E-state index contributed by atoms with van der Waals surface area (Å²) in [5.41, 5.74) is 33.8. The summed E-state index contributed by atoms with van der Waals surface area (Å²) in [7, 11) is 4.27. The van der Waals surface area contributed by atoms with E-state index in [9.17, 15) is 0 Å². The van der Waals surface area contributed by atoms with Gasteiger partial charge in [-0.1, -0.05) is 151 Å². The number of halogens is 2. The number of hydrogen-bond donors (Lipinski definition) is 6. The van der Waals surface area contributed by atoms with Crippen LogP contribution >= 0.6 is 68.7 Å². The number of pyridine rings is 5. The van der Waals surface area contributed by atoms with Gasteiger partial charge in [-0.15, -0.1) is 11.8 Å². The Hall–Kier alpha value is -8.19. The fraction of sp³-hybridized carbons (Fsp3) is 0.301. The highest BCUT2D eigenvalue weighted by Gasteiger charge is 2.21. The van der Waals surface area contributed by atoms with E-state index in [1.807, 2.05) is 157 Å². The number of rotatable bonds is 14. The summed E-state index contributed by atoms with van der Waals surface area (Å²) in [5, 5.41) is 8.94. The molecule has 0 amide bonds. The minimum Gasteiger partial charge on any atom is -0.472 e. The fourth-order valence-corrected chi connectivity index (χ4v) is 10.4. The summed E-state index contributed by atoms with van der Waals surface area (Å²) >= 11 is 7.63. The summed E-state index contributed by atoms with van der Waals surface area (Å²) in [5.74, 6) is 6.37. The molecule has 0 saturated carbocycles. The molecule has 3 aromatic carbocycles. The molecule has 0 radical (unpaired) electrons. The molecule has 11 N–H and O–H groups in total. The molecule has 2 fully saturated rings. The molecule has 98 heavy (non-hydrogen) atoms. The minimum absolute atomic E-state index is 0. The number of aromatic nitrogens is 9. The standard InChI is InChI=1S/C21H24N6OS.C16H19IN4O.C13H14N2OS.2C6H8N2.C5H5IN2.2C2H6.2CH4/c1-26-9-11-27(12-10-26)21-24-14-18(29-17-7-8-19(22)23-13-17)20(25-21)28-15-16-5-3-2-4-6-16;1-20-7-9-21(10-8-20)16-18-11-14(17)15(19-16)22-12-13-5-3-2-4-6-13;14-13-6-5-12(7-15-13)17-9-11-3-1-10(8-16)2-4-11;2*1-5-2-3-6(7)8-4-5;6-4-1-2-5(7)8-3-4;2*1-2;;/h2-8,13-14H,9-12,15H2,1H3,(H2,22,23);2-6,11H,7-10,12H2,1H3;1-7,16H,8-9H2,(H2,14,15);2*2-4H,1H3,(H2,7,8);1-3H,(H2,7,8);2*1-2H3;2*1H4. The Bertz CT molecular complexity index is 3540. The second-order valence-corrected chi connectivity index (χ2v) is 25.5. The predicted molar refractivity (Wildman–Crippen MR) is 425 cm³/mol. The summed E-state index contributed by atoms with van der Waals surface area (Å²) in [6, 6.07) is 46.8. The number of nitrogens with two attached hydrogens (primary N) is 5. The average Bonchev–Trinajstić information content (AvgIpc) is 0.855. The highest BCUT2D eigenvalue weighted by atomic mass is 127. The number of benzene rings is 3. The maximum absolute atomic E-state index is 8.94. The number of nitrogens with zero attached hydrogens (tertiary/aromatic N) is 13. The lowest BCUT2D eigenvalue weighted by atomic mass is 10.2. The first-order chi connectivity index (χ1) is 46.5. The van der Waals surface area contributed by atoms with E-state index in [0.29, 0.717) is 60.0 Å². The van der Waals surface area contributed by atoms with Crippen molar-refractivity contribution >= 4 is 110 Å². The minimum atomic E-state index is 0. The van der Waals surface area contributed by atoms with Crippen LogP contribution in [0.1, 0.15) is 75.9 Å². The molecule has 524 valence electrons. The van der Waals surface area contributed by atoms with Crippen molar-refractivity contribution in [3.05, 3.63) is 229 Å². The zero-order chi connectivity index (χ0) is 69.5. The second kappa shape index (κ2) is 47.7. The molecule has 0 bridgehead atoms. The van der Waals surface area contributed by atoms with Crippen LogP contribution in [0.4, 0.5) is 41.0 Å². The Morgan fingerprint density at radius 2 is 0.827 bits per heavy atom. The zero-order valence-corrected chi connectivity index (χ0v) is 61.9. The number of thioether (sulfide) groups is 1. The van der Waals surface area contributed by atoms with Crippen LogP contribution in [0.5, 0.6) is 11.8 Å². The van der Waals surface area contributed by atoms with Crippen LogP contribution in [0, 0.1) is 21.0 Å². The van der Waals surface area contributed by atoms with Gasteiger partial charge in [-0.3, -0.25) is 0 Å². The molecule has 25 heteroatoms. The predicted octanol–water partition coefficient (Wildman–Crippen LogP) is 14.3. The summed E-state index contributed by atoms with van der Waals surface area (Å²) < 4.78 is 14.0. The number of piperazine rings is 2. The van der Waals surface area contributed by atoms with Crippen LogP contribution in [0.3, 0.4) is 0 Å². The Morgan fingerprint density at radius 1 is 0.429 bits per heavy atom. The molecule has 2 aliphatic rings. The van der Waals surface area contributed by atoms with Crippen molar-refractivity contribution in [3.63, 3.8) is 0 Å². The quantitative estimate of drug-likeness (QED) is 0.0435. The van der Waals surface area contributed by atoms with Crippen molar-refractivity contribution in [1.82, 2.24) is 54.7 Å². The first-order valence-electron chi connectivity index (χ1n) is 31.3. The maximum Gasteiger partial charge on any atom is 0.232 e. The Kier molecular flexibility index (Phi) is 40.9. The molecular weight excluding hydrogens is 1490 g/mol. The number of anilines is 7. The van der Waals surface area contributed by atoms with Crippen LogP contribution in [-0.4, -0.2) is 126 Å². The van der Waals surface area contributed by atoms with Crippen LogP contribution in [-0.2, 0) is 25.6 Å². The molecule has 21 nitrogen and oxygen atoms in total. The molecule has 0 atom stereocenters. The first-order valence-corrected chi connectivity index (χ1v) is 35.3. The monoisotopic (exact) mass is 1590 g/mol. The molecule has 0 unspecified atom stereocenters. The van der Waals surface area contributed by atoms with Crippen molar-refractivity contribution in [2.75, 3.05) is 105 Å². The molecule has 0 aliphatic carbocycles. The maximum atomic E-state index is 8.94. The molecule has 7 aromatic heterocycles. The average molecular weight is 1590 g/mol. The molecule has 2 aliphatic heterocycles. The van der Waals surface area contributed by atoms with E-state index in [1.54, 1.807) is 73.1 Å². The van der Waals surface area contributed by atoms with E-state index in [-0.39, 0.29) is 21.5 Å². The molecule has 12 rings (SSSR count). The molecule has 10 aromatic rings. The van der Waals surface area contributed by atoms with E-state index < -0.39 is 0 Å². The third kappa shape index (κ3) is 32.4. The van der Waals surface area contributed by atoms with Gasteiger partial charge in [-0.25, -0.2) is 34.9 Å². The van der Waals surface area contributed by atoms with Gasteiger partial charge in [0.2, 0.25) is 23.7 Å². The molecule has 0 spiro atoms. The van der Waals surface area contributed by atoms with E-state index in [2.05, 4.69) is 131 Å². The van der Waals surface area contributed by atoms with Gasteiger partial charge in [0, 0.05) is 109 Å². The lowest BCUT2D eigenvalue weighted by Gasteiger charge is -2.32. The van der Waals surface area contributed by atoms with Gasteiger partial charge in [0.15, 0.2) is 0 Å². The Morgan fingerprint density at radius 3 is 1.22 bits per heavy atom. The van der Waals surface area contributed by atoms with Crippen LogP contribution < -0.4 is 47.9 Å². The highest BCUT2D eigenvalue weighted by Crippen LogP contribution is 2.35. The Labute approximate surface area is 617 Å². The van der Waals surface area contributed by atoms with E-state index in [0.717, 1.165) is 114 Å². The number of nitrogen functional groups attached to an aromatic ring is 5. The molecular formula is C73H98I2N18O3S2. The third-order valence-electron chi connectivity index (χ3n) is 13.4. The Balaban J connectivity index is 0.000000322. The first kappa shape index (κ1) is 84.0. The normalized spacial score (nSPS) is 12.1. The zero-order valence-electron chi connectivity index (χ0n) is 55.9. The van der Waals surface area contributed by atoms with E-state index in [4.69, 9.17) is 48.2 Å². The number of hydrogen-bond acceptors (Lipinski definition) is 23. The van der Waals surface area contributed by atoms with Gasteiger partial charge < -0.3 is 62.8 Å². The lowest BCUT2D eigenvalue weighted by Crippen LogP contribution is -2.45. The van der Waals surface area contributed by atoms with Gasteiger partial charge in [-0.2, -0.15) is 9.97 Å². The van der Waals surface area contributed by atoms with Gasteiger partial charge in [0.05, 0.1) is 21.3 Å². The van der Waals surface area contributed by atoms with Crippen molar-refractivity contribution in [3.8, 4) is 11.8 Å². The molecule has 2 saturated heterocycles. The van der Waals surface area contributed by atoms with Crippen LogP contribution in [0.2, 0.25) is 0 Å². The van der Waals surface area contributed by atoms with Gasteiger partial charge >= 0.3 is 0 Å². The van der Waals surface area contributed by atoms with Crippen LogP contribution in [0.25, 0.3) is 0 Å². The number of aliphatic hydroxyl groups excluding tert-OH is 1. The topological polar surface area (TPSA) is 298 Å². The summed E-state index contributed by atoms with van der Waals surface area (Å²) in [6.45, 7) is 20.8. The van der Waals surface area contributed by atoms with Gasteiger partial charge in [-0.05, 0) is 155 Å². The largest absolute Gasteiger partial charge is 0.472 e. The number of aryl methyl sites for hydroxylation is 2. The van der Waals surface area contributed by atoms with Crippen molar-refractivity contribution in [2.45, 2.75) is 96.7 Å². The van der Waals surface area contributed by atoms with Gasteiger partial charge in [0.25, 0.3) is 0 Å². The second-order valence-electron chi connectivity index (χ2n) is 20.9. The SMILES string of the molecule is C.C.CC.CC.CN1CCN(c2ncc(I)c(OCc3ccccc3)n2)CC1.CN1CCN(c2ncc(Sc3ccc(N)nc3)c(OCc3ccccc3)n2)CC1.Cc1ccc(N)nc1.Cc1ccc(N)nc1.Nc1ccc(I)cn1.Nc1ccc(SCc2ccc(CO)cc2)cn1. The smallest absolute Gasteiger partial charge is 0.232 e. The number of likely N-dealkylation sites (N-methyl/N-ethyl adjacent to an activating group) is 2. The van der Waals surface area contributed by atoms with E-state index >= 15 is 0 Å². The van der Waals surface area contributed by atoms with E-state index in [1.165, 1.54) is 17.3 Å². The van der Waals surface area contributed by atoms with Crippen molar-refractivity contribution in [1.29, 1.82) is 0 Å². The van der Waals surface area contributed by atoms with Crippen molar-refractivity contribution in [2.24, 2.45) is 0 Å². The number of ether oxygens (including phenoxy) is 2. The van der Waals surface area contributed by atoms with Crippen molar-refractivity contribution < 1.29 is 14.6 Å². The highest BCUT2D eigenvalue weighted by molar-refractivity contribution is 14.1. The summed E-state index contributed by atoms with van der Waals surface area (Å²) in [4.78, 5) is 50.1. The number of aliphatic hydroxyl groups is 1. The summed E-state index contributed by atoms with van der Waals surface area (Å²) in [6.07, 6.45) is 12.4. The third-order valence-corrected chi connectivity index (χ3v) is 16.8. The molecule has 9 heterocycles. The fourth-order valence-electron chi connectivity index (χ4n) is 8.04. The van der Waals surface area contributed by atoms with Gasteiger partial charge in [0.1, 0.15) is 42.3 Å². The lowest BCUT2D eigenvalue weighted by molar-refractivity contribution is 0.282.